The quantitative estimate of drug-likeness (QED) is 0.436. The number of carbonyl (C=O) groups is 2. The molecule has 1 aromatic carbocycles. The lowest BCUT2D eigenvalue weighted by Crippen LogP contribution is -2.24. The predicted octanol–water partition coefficient (Wildman–Crippen LogP) is 4.74. The average molecular weight is 493 g/mol. The Kier molecular flexibility index (Phi) is 7.54. The number of nitrogens with zero attached hydrogens (tertiary/aromatic N) is 3. The van der Waals surface area contributed by atoms with Gasteiger partial charge in [0.15, 0.2) is 5.82 Å². The standard InChI is InChI=1S/C26H32N6O4/c1-5-32-13-12-20(16-32)35-19-10-11-21(27-15-19)24(33)28-17-6-8-18(9-7-17)29-25(34)30-23-14-22(36-31-23)26(2,3)4/h6-11,14-15,20H,5,12-13,16H2,1-4H3,(H,28,33)(H2,29,30,31,34). The van der Waals surface area contributed by atoms with Crippen LogP contribution >= 0.6 is 0 Å². The number of carbonyl (C=O) groups excluding carboxylic acids is 2. The molecule has 0 aliphatic carbocycles. The summed E-state index contributed by atoms with van der Waals surface area (Å²) in [6.45, 7) is 11.1. The van der Waals surface area contributed by atoms with Crippen LogP contribution in [-0.2, 0) is 5.41 Å². The number of likely N-dealkylation sites (N-methyl/N-ethyl adjacent to an activating group) is 1. The van der Waals surface area contributed by atoms with Gasteiger partial charge in [-0.15, -0.1) is 0 Å². The lowest BCUT2D eigenvalue weighted by Gasteiger charge is -2.15. The number of rotatable bonds is 7. The molecule has 190 valence electrons. The molecule has 1 atom stereocenters. The van der Waals surface area contributed by atoms with E-state index in [0.29, 0.717) is 28.7 Å². The van der Waals surface area contributed by atoms with Gasteiger partial charge in [0.05, 0.1) is 6.20 Å². The van der Waals surface area contributed by atoms with Crippen LogP contribution in [0.1, 0.15) is 50.4 Å². The van der Waals surface area contributed by atoms with Crippen molar-refractivity contribution in [2.75, 3.05) is 35.6 Å². The first kappa shape index (κ1) is 25.2. The van der Waals surface area contributed by atoms with Crippen molar-refractivity contribution in [2.24, 2.45) is 0 Å². The SMILES string of the molecule is CCN1CCC(Oc2ccc(C(=O)Nc3ccc(NC(=O)Nc4cc(C(C)(C)C)on4)cc3)nc2)C1. The van der Waals surface area contributed by atoms with Crippen LogP contribution in [0.15, 0.2) is 53.2 Å². The lowest BCUT2D eigenvalue weighted by atomic mass is 9.93. The van der Waals surface area contributed by atoms with E-state index in [1.807, 2.05) is 20.8 Å². The summed E-state index contributed by atoms with van der Waals surface area (Å²) < 4.78 is 11.2. The smallest absolute Gasteiger partial charge is 0.324 e. The monoisotopic (exact) mass is 492 g/mol. The summed E-state index contributed by atoms with van der Waals surface area (Å²) in [5.41, 5.74) is 1.21. The van der Waals surface area contributed by atoms with Gasteiger partial charge in [0.2, 0.25) is 0 Å². The molecule has 1 fully saturated rings. The number of ether oxygens (including phenoxy) is 1. The summed E-state index contributed by atoms with van der Waals surface area (Å²) >= 11 is 0. The van der Waals surface area contributed by atoms with E-state index in [0.717, 1.165) is 26.1 Å². The molecule has 0 bridgehead atoms. The van der Waals surface area contributed by atoms with Crippen LogP contribution in [0.5, 0.6) is 5.75 Å². The number of hydrogen-bond acceptors (Lipinski definition) is 7. The molecule has 1 aliphatic rings. The van der Waals surface area contributed by atoms with E-state index < -0.39 is 6.03 Å². The maximum atomic E-state index is 12.6. The number of nitrogens with one attached hydrogen (secondary N) is 3. The van der Waals surface area contributed by atoms with E-state index >= 15 is 0 Å². The summed E-state index contributed by atoms with van der Waals surface area (Å²) in [5, 5.41) is 12.0. The number of urea groups is 1. The molecule has 3 N–H and O–H groups in total. The highest BCUT2D eigenvalue weighted by Gasteiger charge is 2.23. The van der Waals surface area contributed by atoms with Gasteiger partial charge in [0, 0.05) is 35.9 Å². The van der Waals surface area contributed by atoms with Crippen molar-refractivity contribution in [2.45, 2.75) is 45.6 Å². The molecule has 2 aromatic heterocycles. The van der Waals surface area contributed by atoms with Gasteiger partial charge < -0.3 is 19.9 Å². The van der Waals surface area contributed by atoms with Gasteiger partial charge in [-0.3, -0.25) is 15.0 Å². The Balaban J connectivity index is 1.26. The Morgan fingerprint density at radius 2 is 1.81 bits per heavy atom. The van der Waals surface area contributed by atoms with Crippen molar-refractivity contribution in [3.8, 4) is 5.75 Å². The minimum absolute atomic E-state index is 0.151. The largest absolute Gasteiger partial charge is 0.487 e. The molecule has 1 saturated heterocycles. The van der Waals surface area contributed by atoms with Crippen LogP contribution in [0, 0.1) is 0 Å². The van der Waals surface area contributed by atoms with E-state index in [1.54, 1.807) is 48.7 Å². The highest BCUT2D eigenvalue weighted by molar-refractivity contribution is 6.03. The summed E-state index contributed by atoms with van der Waals surface area (Å²) in [6.07, 6.45) is 2.72. The van der Waals surface area contributed by atoms with E-state index in [9.17, 15) is 9.59 Å². The van der Waals surface area contributed by atoms with Gasteiger partial charge in [-0.25, -0.2) is 9.78 Å². The highest BCUT2D eigenvalue weighted by Crippen LogP contribution is 2.24. The minimum Gasteiger partial charge on any atom is -0.487 e. The van der Waals surface area contributed by atoms with Crippen LogP contribution in [-0.4, -0.2) is 52.7 Å². The van der Waals surface area contributed by atoms with Crippen LogP contribution in [0.4, 0.5) is 22.0 Å². The summed E-state index contributed by atoms with van der Waals surface area (Å²) in [5.74, 6) is 1.32. The van der Waals surface area contributed by atoms with Gasteiger partial charge in [-0.2, -0.15) is 0 Å². The fraction of sp³-hybridized carbons (Fsp3) is 0.385. The molecule has 0 radical (unpaired) electrons. The van der Waals surface area contributed by atoms with E-state index in [-0.39, 0.29) is 23.1 Å². The van der Waals surface area contributed by atoms with Crippen LogP contribution in [0.2, 0.25) is 0 Å². The molecule has 10 nitrogen and oxygen atoms in total. The fourth-order valence-corrected chi connectivity index (χ4v) is 3.76. The normalized spacial score (nSPS) is 15.9. The Morgan fingerprint density at radius 3 is 2.39 bits per heavy atom. The van der Waals surface area contributed by atoms with Crippen molar-refractivity contribution in [3.63, 3.8) is 0 Å². The van der Waals surface area contributed by atoms with Crippen molar-refractivity contribution in [1.29, 1.82) is 0 Å². The number of pyridine rings is 1. The second kappa shape index (κ2) is 10.8. The Labute approximate surface area is 210 Å². The van der Waals surface area contributed by atoms with Gasteiger partial charge in [0.1, 0.15) is 23.3 Å². The summed E-state index contributed by atoms with van der Waals surface area (Å²) in [6, 6.07) is 11.4. The van der Waals surface area contributed by atoms with E-state index in [2.05, 4.69) is 37.9 Å². The first-order chi connectivity index (χ1) is 17.2. The number of amides is 3. The second-order valence-electron chi connectivity index (χ2n) is 9.74. The number of benzene rings is 1. The van der Waals surface area contributed by atoms with Crippen molar-refractivity contribution in [3.05, 3.63) is 60.1 Å². The molecule has 3 heterocycles. The summed E-state index contributed by atoms with van der Waals surface area (Å²) in [7, 11) is 0. The average Bonchev–Trinajstić information content (AvgIpc) is 3.50. The zero-order valence-corrected chi connectivity index (χ0v) is 21.0. The number of hydrogen-bond donors (Lipinski definition) is 3. The zero-order valence-electron chi connectivity index (χ0n) is 21.0. The molecule has 4 rings (SSSR count). The van der Waals surface area contributed by atoms with E-state index in [1.165, 1.54) is 0 Å². The first-order valence-electron chi connectivity index (χ1n) is 12.0. The second-order valence-corrected chi connectivity index (χ2v) is 9.74. The Hall–Kier alpha value is -3.92. The highest BCUT2D eigenvalue weighted by atomic mass is 16.5. The van der Waals surface area contributed by atoms with Crippen LogP contribution in [0.25, 0.3) is 0 Å². The molecule has 3 aromatic rings. The summed E-state index contributed by atoms with van der Waals surface area (Å²) in [4.78, 5) is 31.4. The molecular formula is C26H32N6O4. The first-order valence-corrected chi connectivity index (χ1v) is 12.0. The Morgan fingerprint density at radius 1 is 1.08 bits per heavy atom. The Bertz CT molecular complexity index is 1180. The molecule has 10 heteroatoms. The fourth-order valence-electron chi connectivity index (χ4n) is 3.76. The molecule has 1 unspecified atom stereocenters. The van der Waals surface area contributed by atoms with Crippen molar-refractivity contribution >= 4 is 29.1 Å². The molecule has 36 heavy (non-hydrogen) atoms. The zero-order chi connectivity index (χ0) is 25.7. The van der Waals surface area contributed by atoms with Crippen LogP contribution in [0.3, 0.4) is 0 Å². The number of likely N-dealkylation sites (tertiary alicyclic amines) is 1. The molecule has 3 amide bonds. The third kappa shape index (κ3) is 6.60. The van der Waals surface area contributed by atoms with E-state index in [4.69, 9.17) is 9.26 Å². The topological polar surface area (TPSA) is 122 Å². The minimum atomic E-state index is -0.452. The maximum Gasteiger partial charge on any atom is 0.324 e. The van der Waals surface area contributed by atoms with Crippen molar-refractivity contribution in [1.82, 2.24) is 15.0 Å². The van der Waals surface area contributed by atoms with Gasteiger partial charge in [0.25, 0.3) is 5.91 Å². The predicted molar refractivity (Wildman–Crippen MR) is 138 cm³/mol. The van der Waals surface area contributed by atoms with Gasteiger partial charge >= 0.3 is 6.03 Å². The number of aromatic nitrogens is 2. The lowest BCUT2D eigenvalue weighted by molar-refractivity contribution is 0.102. The maximum absolute atomic E-state index is 12.6. The van der Waals surface area contributed by atoms with Gasteiger partial charge in [-0.1, -0.05) is 32.9 Å². The van der Waals surface area contributed by atoms with Crippen molar-refractivity contribution < 1.29 is 18.8 Å². The molecule has 1 aliphatic heterocycles. The third-order valence-corrected chi connectivity index (χ3v) is 5.84. The number of anilines is 3. The molecular weight excluding hydrogens is 460 g/mol. The third-order valence-electron chi connectivity index (χ3n) is 5.84. The van der Waals surface area contributed by atoms with Gasteiger partial charge in [-0.05, 0) is 49.4 Å². The molecule has 0 saturated carbocycles. The molecule has 0 spiro atoms. The van der Waals surface area contributed by atoms with Crippen LogP contribution < -0.4 is 20.7 Å².